The molecule has 1 aliphatic rings. The molecule has 0 radical (unpaired) electrons. The Kier molecular flexibility index (Phi) is 10.4. The summed E-state index contributed by atoms with van der Waals surface area (Å²) >= 11 is 0. The van der Waals surface area contributed by atoms with Gasteiger partial charge in [0.05, 0.1) is 18.8 Å². The predicted octanol–water partition coefficient (Wildman–Crippen LogP) is 2.22. The molecule has 2 rings (SSSR count). The van der Waals surface area contributed by atoms with Crippen molar-refractivity contribution in [1.82, 2.24) is 20.5 Å². The Labute approximate surface area is 180 Å². The highest BCUT2D eigenvalue weighted by molar-refractivity contribution is 14.0. The summed E-state index contributed by atoms with van der Waals surface area (Å²) in [6.45, 7) is 0.705. The number of nitrogens with zero attached hydrogens (tertiary/aromatic N) is 4. The van der Waals surface area contributed by atoms with Crippen LogP contribution in [0, 0.1) is 0 Å². The third-order valence-electron chi connectivity index (χ3n) is 4.50. The zero-order chi connectivity index (χ0) is 18.9. The van der Waals surface area contributed by atoms with Crippen LogP contribution in [0.3, 0.4) is 0 Å². The van der Waals surface area contributed by atoms with Gasteiger partial charge < -0.3 is 20.4 Å². The van der Waals surface area contributed by atoms with E-state index in [4.69, 9.17) is 0 Å². The molecule has 1 amide bonds. The Bertz CT molecular complexity index is 614. The van der Waals surface area contributed by atoms with Gasteiger partial charge in [-0.2, -0.15) is 0 Å². The van der Waals surface area contributed by atoms with E-state index in [1.54, 1.807) is 19.0 Å². The second kappa shape index (κ2) is 12.0. The van der Waals surface area contributed by atoms with Gasteiger partial charge in [0.15, 0.2) is 5.96 Å². The predicted molar refractivity (Wildman–Crippen MR) is 122 cm³/mol. The molecule has 0 aromatic carbocycles. The van der Waals surface area contributed by atoms with Gasteiger partial charge >= 0.3 is 0 Å². The Hall–Kier alpha value is -1.58. The van der Waals surface area contributed by atoms with Gasteiger partial charge in [0.2, 0.25) is 5.91 Å². The lowest BCUT2D eigenvalue weighted by Gasteiger charge is -2.25. The zero-order valence-corrected chi connectivity index (χ0v) is 19.2. The van der Waals surface area contributed by atoms with Crippen molar-refractivity contribution in [3.05, 3.63) is 23.9 Å². The second-order valence-electron chi connectivity index (χ2n) is 7.17. The van der Waals surface area contributed by atoms with E-state index in [2.05, 4.69) is 20.6 Å². The van der Waals surface area contributed by atoms with Crippen molar-refractivity contribution in [2.45, 2.75) is 44.7 Å². The van der Waals surface area contributed by atoms with Crippen LogP contribution in [0.15, 0.2) is 23.2 Å². The van der Waals surface area contributed by atoms with Crippen molar-refractivity contribution in [2.75, 3.05) is 39.6 Å². The van der Waals surface area contributed by atoms with Gasteiger partial charge in [0.25, 0.3) is 0 Å². The molecule has 0 saturated heterocycles. The number of amides is 1. The van der Waals surface area contributed by atoms with Crippen LogP contribution in [-0.2, 0) is 11.3 Å². The number of rotatable bonds is 6. The minimum Gasteiger partial charge on any atom is -0.363 e. The van der Waals surface area contributed by atoms with Gasteiger partial charge in [-0.3, -0.25) is 4.79 Å². The first-order valence-electron chi connectivity index (χ1n) is 9.34. The molecule has 1 heterocycles. The summed E-state index contributed by atoms with van der Waals surface area (Å²) in [5.41, 5.74) is 0.903. The van der Waals surface area contributed by atoms with Crippen molar-refractivity contribution < 1.29 is 4.79 Å². The van der Waals surface area contributed by atoms with E-state index in [-0.39, 0.29) is 36.4 Å². The van der Waals surface area contributed by atoms with E-state index in [1.807, 2.05) is 37.2 Å². The Morgan fingerprint density at radius 3 is 2.52 bits per heavy atom. The largest absolute Gasteiger partial charge is 0.363 e. The molecule has 0 unspecified atom stereocenters. The van der Waals surface area contributed by atoms with Crippen LogP contribution >= 0.6 is 24.0 Å². The summed E-state index contributed by atoms with van der Waals surface area (Å²) in [4.78, 5) is 24.7. The number of anilines is 1. The molecule has 0 aliphatic heterocycles. The van der Waals surface area contributed by atoms with Crippen molar-refractivity contribution in [2.24, 2.45) is 4.99 Å². The van der Waals surface area contributed by atoms with Gasteiger partial charge in [-0.1, -0.05) is 25.3 Å². The fourth-order valence-electron chi connectivity index (χ4n) is 2.87. The Morgan fingerprint density at radius 2 is 1.89 bits per heavy atom. The summed E-state index contributed by atoms with van der Waals surface area (Å²) in [6.07, 6.45) is 6.09. The number of pyridine rings is 1. The first-order valence-corrected chi connectivity index (χ1v) is 9.34. The summed E-state index contributed by atoms with van der Waals surface area (Å²) in [6, 6.07) is 6.36. The summed E-state index contributed by atoms with van der Waals surface area (Å²) in [5.74, 6) is 1.62. The number of carbonyl (C=O) groups is 1. The molecule has 7 nitrogen and oxygen atoms in total. The van der Waals surface area contributed by atoms with Crippen molar-refractivity contribution >= 4 is 41.7 Å². The van der Waals surface area contributed by atoms with Gasteiger partial charge in [-0.25, -0.2) is 9.98 Å². The number of likely N-dealkylation sites (N-methyl/N-ethyl adjacent to an activating group) is 1. The van der Waals surface area contributed by atoms with Crippen LogP contribution in [0.5, 0.6) is 0 Å². The summed E-state index contributed by atoms with van der Waals surface area (Å²) in [5, 5.41) is 6.65. The molecule has 1 saturated carbocycles. The molecule has 8 heteroatoms. The smallest absolute Gasteiger partial charge is 0.241 e. The van der Waals surface area contributed by atoms with Gasteiger partial charge in [-0.05, 0) is 25.0 Å². The van der Waals surface area contributed by atoms with Crippen molar-refractivity contribution in [3.63, 3.8) is 0 Å². The topological polar surface area (TPSA) is 72.9 Å². The van der Waals surface area contributed by atoms with Crippen LogP contribution < -0.4 is 15.5 Å². The first kappa shape index (κ1) is 23.5. The number of carbonyl (C=O) groups excluding carboxylic acids is 1. The monoisotopic (exact) mass is 488 g/mol. The normalized spacial score (nSPS) is 14.9. The van der Waals surface area contributed by atoms with E-state index < -0.39 is 0 Å². The number of halogens is 1. The lowest BCUT2D eigenvalue weighted by atomic mass is 9.96. The third-order valence-corrected chi connectivity index (χ3v) is 4.50. The molecule has 2 N–H and O–H groups in total. The van der Waals surface area contributed by atoms with E-state index in [0.29, 0.717) is 18.5 Å². The van der Waals surface area contributed by atoms with Crippen LogP contribution in [-0.4, -0.2) is 62.5 Å². The van der Waals surface area contributed by atoms with Crippen LogP contribution in [0.1, 0.15) is 37.8 Å². The average Bonchev–Trinajstić information content (AvgIpc) is 2.64. The van der Waals surface area contributed by atoms with Crippen LogP contribution in [0.25, 0.3) is 0 Å². The van der Waals surface area contributed by atoms with E-state index in [9.17, 15) is 4.79 Å². The highest BCUT2D eigenvalue weighted by Crippen LogP contribution is 2.17. The Balaban J connectivity index is 0.00000364. The van der Waals surface area contributed by atoms with E-state index >= 15 is 0 Å². The highest BCUT2D eigenvalue weighted by Gasteiger charge is 2.15. The molecule has 0 atom stereocenters. The number of hydrogen-bond acceptors (Lipinski definition) is 4. The van der Waals surface area contributed by atoms with Gasteiger partial charge in [0.1, 0.15) is 5.82 Å². The van der Waals surface area contributed by atoms with E-state index in [0.717, 1.165) is 24.4 Å². The SMILES string of the molecule is CN(C)C(=O)CNC(=NCc1cccc(N(C)C)n1)NC1CCCCC1.I. The lowest BCUT2D eigenvalue weighted by molar-refractivity contribution is -0.127. The maximum Gasteiger partial charge on any atom is 0.241 e. The Morgan fingerprint density at radius 1 is 1.19 bits per heavy atom. The molecule has 27 heavy (non-hydrogen) atoms. The first-order chi connectivity index (χ1) is 12.5. The lowest BCUT2D eigenvalue weighted by Crippen LogP contribution is -2.47. The number of hydrogen-bond donors (Lipinski definition) is 2. The van der Waals surface area contributed by atoms with Crippen LogP contribution in [0.4, 0.5) is 5.82 Å². The quantitative estimate of drug-likeness (QED) is 0.365. The summed E-state index contributed by atoms with van der Waals surface area (Å²) in [7, 11) is 7.46. The van der Waals surface area contributed by atoms with E-state index in [1.165, 1.54) is 19.3 Å². The van der Waals surface area contributed by atoms with Gasteiger partial charge in [0, 0.05) is 34.2 Å². The molecular formula is C19H33IN6O. The molecule has 152 valence electrons. The molecule has 0 spiro atoms. The molecule has 1 fully saturated rings. The maximum atomic E-state index is 11.9. The van der Waals surface area contributed by atoms with Crippen molar-refractivity contribution in [3.8, 4) is 0 Å². The fraction of sp³-hybridized carbons (Fsp3) is 0.632. The average molecular weight is 488 g/mol. The van der Waals surface area contributed by atoms with Crippen LogP contribution in [0.2, 0.25) is 0 Å². The molecule has 1 aromatic rings. The minimum atomic E-state index is 0. The minimum absolute atomic E-state index is 0. The second-order valence-corrected chi connectivity index (χ2v) is 7.17. The molecule has 0 bridgehead atoms. The molecule has 1 aromatic heterocycles. The maximum absolute atomic E-state index is 11.9. The number of aliphatic imine (C=N–C) groups is 1. The number of aromatic nitrogens is 1. The zero-order valence-electron chi connectivity index (χ0n) is 16.9. The highest BCUT2D eigenvalue weighted by atomic mass is 127. The standard InChI is InChI=1S/C19H32N6O.HI/c1-24(2)17-12-8-11-16(22-17)13-20-19(21-14-18(26)25(3)4)23-15-9-6-5-7-10-15;/h8,11-12,15H,5-7,9-10,13-14H2,1-4H3,(H2,20,21,23);1H. The van der Waals surface area contributed by atoms with Crippen molar-refractivity contribution in [1.29, 1.82) is 0 Å². The number of guanidine groups is 1. The summed E-state index contributed by atoms with van der Waals surface area (Å²) < 4.78 is 0. The molecule has 1 aliphatic carbocycles. The third kappa shape index (κ3) is 8.32. The number of nitrogens with one attached hydrogen (secondary N) is 2. The van der Waals surface area contributed by atoms with Gasteiger partial charge in [-0.15, -0.1) is 24.0 Å². The fourth-order valence-corrected chi connectivity index (χ4v) is 2.87. The molecular weight excluding hydrogens is 455 g/mol.